The summed E-state index contributed by atoms with van der Waals surface area (Å²) < 4.78 is 13.8. The molecule has 0 spiro atoms. The van der Waals surface area contributed by atoms with Crippen molar-refractivity contribution in [3.8, 4) is 0 Å². The molecule has 19 heavy (non-hydrogen) atoms. The maximum absolute atomic E-state index is 13.8. The quantitative estimate of drug-likeness (QED) is 0.896. The smallest absolute Gasteiger partial charge is 0.132 e. The summed E-state index contributed by atoms with van der Waals surface area (Å²) in [6.07, 6.45) is 1.73. The van der Waals surface area contributed by atoms with E-state index in [4.69, 9.17) is 0 Å². The first-order chi connectivity index (χ1) is 9.25. The van der Waals surface area contributed by atoms with E-state index >= 15 is 0 Å². The predicted octanol–water partition coefficient (Wildman–Crippen LogP) is 2.17. The van der Waals surface area contributed by atoms with Gasteiger partial charge in [-0.2, -0.15) is 0 Å². The van der Waals surface area contributed by atoms with E-state index in [0.29, 0.717) is 11.4 Å². The fourth-order valence-corrected chi connectivity index (χ4v) is 2.66. The fraction of sp³-hybridized carbons (Fsp3) is 0.400. The zero-order valence-corrected chi connectivity index (χ0v) is 11.1. The van der Waals surface area contributed by atoms with Crippen LogP contribution in [0.15, 0.2) is 30.5 Å². The first-order valence-corrected chi connectivity index (χ1v) is 6.72. The minimum atomic E-state index is -0.194. The molecule has 0 amide bonds. The van der Waals surface area contributed by atoms with Crippen LogP contribution in [-0.2, 0) is 6.54 Å². The van der Waals surface area contributed by atoms with Crippen LogP contribution in [0, 0.1) is 5.82 Å². The molecule has 100 valence electrons. The molecule has 2 heterocycles. The molecule has 0 radical (unpaired) electrons. The maximum Gasteiger partial charge on any atom is 0.132 e. The highest BCUT2D eigenvalue weighted by molar-refractivity contribution is 5.82. The molecule has 0 bridgehead atoms. The molecule has 2 aromatic rings. The minimum absolute atomic E-state index is 0.194. The van der Waals surface area contributed by atoms with Crippen molar-refractivity contribution in [2.24, 2.45) is 0 Å². The van der Waals surface area contributed by atoms with Gasteiger partial charge in [-0.05, 0) is 30.7 Å². The largest absolute Gasteiger partial charge is 0.314 e. The van der Waals surface area contributed by atoms with E-state index in [1.165, 1.54) is 0 Å². The van der Waals surface area contributed by atoms with Crippen molar-refractivity contribution in [3.05, 3.63) is 41.8 Å². The van der Waals surface area contributed by atoms with Crippen LogP contribution in [0.25, 0.3) is 10.9 Å². The van der Waals surface area contributed by atoms with Gasteiger partial charge >= 0.3 is 0 Å². The van der Waals surface area contributed by atoms with Gasteiger partial charge in [0.05, 0.1) is 5.52 Å². The molecule has 1 N–H and O–H groups in total. The van der Waals surface area contributed by atoms with E-state index in [0.717, 1.165) is 37.3 Å². The normalized spacial score (nSPS) is 20.8. The van der Waals surface area contributed by atoms with Gasteiger partial charge in [-0.15, -0.1) is 0 Å². The Morgan fingerprint density at radius 1 is 1.42 bits per heavy atom. The molecule has 3 rings (SSSR count). The van der Waals surface area contributed by atoms with E-state index < -0.39 is 0 Å². The number of benzene rings is 1. The lowest BCUT2D eigenvalue weighted by Crippen LogP contribution is -2.49. The van der Waals surface area contributed by atoms with Crippen LogP contribution >= 0.6 is 0 Å². The second-order valence-electron chi connectivity index (χ2n) is 5.13. The first kappa shape index (κ1) is 12.5. The number of aromatic nitrogens is 1. The van der Waals surface area contributed by atoms with E-state index in [-0.39, 0.29) is 5.82 Å². The SMILES string of the molecule is C[C@@H]1CNCCN1Cc1ccc(F)c2cccnc12. The van der Waals surface area contributed by atoms with Gasteiger partial charge < -0.3 is 5.32 Å². The molecule has 0 unspecified atom stereocenters. The van der Waals surface area contributed by atoms with Gasteiger partial charge in [0.1, 0.15) is 5.82 Å². The van der Waals surface area contributed by atoms with Crippen LogP contribution in [0.4, 0.5) is 4.39 Å². The Labute approximate surface area is 112 Å². The van der Waals surface area contributed by atoms with E-state index in [2.05, 4.69) is 22.1 Å². The average molecular weight is 259 g/mol. The number of halogens is 1. The third kappa shape index (κ3) is 2.46. The Hall–Kier alpha value is -1.52. The first-order valence-electron chi connectivity index (χ1n) is 6.72. The summed E-state index contributed by atoms with van der Waals surface area (Å²) in [5.74, 6) is -0.194. The lowest BCUT2D eigenvalue weighted by molar-refractivity contribution is 0.166. The number of hydrogen-bond acceptors (Lipinski definition) is 3. The Bertz CT molecular complexity index is 585. The van der Waals surface area contributed by atoms with E-state index in [1.807, 2.05) is 6.07 Å². The highest BCUT2D eigenvalue weighted by atomic mass is 19.1. The molecule has 0 saturated carbocycles. The van der Waals surface area contributed by atoms with Crippen LogP contribution in [0.2, 0.25) is 0 Å². The summed E-state index contributed by atoms with van der Waals surface area (Å²) in [4.78, 5) is 6.76. The highest BCUT2D eigenvalue weighted by Gasteiger charge is 2.19. The van der Waals surface area contributed by atoms with Crippen molar-refractivity contribution in [1.82, 2.24) is 15.2 Å². The molecular formula is C15H18FN3. The van der Waals surface area contributed by atoms with Crippen molar-refractivity contribution < 1.29 is 4.39 Å². The summed E-state index contributed by atoms with van der Waals surface area (Å²) in [7, 11) is 0. The standard InChI is InChI=1S/C15H18FN3/c1-11-9-17-7-8-19(11)10-12-4-5-14(16)13-3-2-6-18-15(12)13/h2-6,11,17H,7-10H2,1H3/t11-/m1/s1. The van der Waals surface area contributed by atoms with Crippen molar-refractivity contribution >= 4 is 10.9 Å². The summed E-state index contributed by atoms with van der Waals surface area (Å²) in [6.45, 7) is 6.08. The molecule has 1 aliphatic heterocycles. The van der Waals surface area contributed by atoms with Crippen molar-refractivity contribution in [2.45, 2.75) is 19.5 Å². The number of nitrogens with one attached hydrogen (secondary N) is 1. The van der Waals surface area contributed by atoms with Gasteiger partial charge in [0.15, 0.2) is 0 Å². The Morgan fingerprint density at radius 2 is 2.32 bits per heavy atom. The second kappa shape index (κ2) is 5.23. The number of piperazine rings is 1. The number of fused-ring (bicyclic) bond motifs is 1. The van der Waals surface area contributed by atoms with Crippen molar-refractivity contribution in [3.63, 3.8) is 0 Å². The molecule has 1 atom stereocenters. The Morgan fingerprint density at radius 3 is 3.16 bits per heavy atom. The zero-order chi connectivity index (χ0) is 13.2. The number of hydrogen-bond donors (Lipinski definition) is 1. The average Bonchev–Trinajstić information content (AvgIpc) is 2.44. The van der Waals surface area contributed by atoms with Crippen molar-refractivity contribution in [2.75, 3.05) is 19.6 Å². The molecule has 1 aromatic carbocycles. The number of rotatable bonds is 2. The third-order valence-corrected chi connectivity index (χ3v) is 3.81. The number of nitrogens with zero attached hydrogens (tertiary/aromatic N) is 2. The van der Waals surface area contributed by atoms with Gasteiger partial charge in [-0.3, -0.25) is 9.88 Å². The van der Waals surface area contributed by atoms with Gasteiger partial charge in [-0.25, -0.2) is 4.39 Å². The molecule has 1 aliphatic rings. The molecule has 3 nitrogen and oxygen atoms in total. The van der Waals surface area contributed by atoms with E-state index in [1.54, 1.807) is 24.4 Å². The molecule has 4 heteroatoms. The highest BCUT2D eigenvalue weighted by Crippen LogP contribution is 2.21. The lowest BCUT2D eigenvalue weighted by atomic mass is 10.1. The minimum Gasteiger partial charge on any atom is -0.314 e. The van der Waals surface area contributed by atoms with Crippen LogP contribution in [-0.4, -0.2) is 35.6 Å². The lowest BCUT2D eigenvalue weighted by Gasteiger charge is -2.34. The molecule has 1 saturated heterocycles. The molecular weight excluding hydrogens is 241 g/mol. The van der Waals surface area contributed by atoms with Crippen LogP contribution in [0.1, 0.15) is 12.5 Å². The topological polar surface area (TPSA) is 28.2 Å². The second-order valence-corrected chi connectivity index (χ2v) is 5.13. The van der Waals surface area contributed by atoms with Crippen LogP contribution in [0.3, 0.4) is 0 Å². The summed E-state index contributed by atoms with van der Waals surface area (Å²) in [6, 6.07) is 7.48. The molecule has 1 aromatic heterocycles. The number of pyridine rings is 1. The third-order valence-electron chi connectivity index (χ3n) is 3.81. The van der Waals surface area contributed by atoms with Gasteiger partial charge in [-0.1, -0.05) is 6.07 Å². The zero-order valence-electron chi connectivity index (χ0n) is 11.1. The summed E-state index contributed by atoms with van der Waals surface area (Å²) >= 11 is 0. The van der Waals surface area contributed by atoms with Crippen molar-refractivity contribution in [1.29, 1.82) is 0 Å². The monoisotopic (exact) mass is 259 g/mol. The maximum atomic E-state index is 13.8. The van der Waals surface area contributed by atoms with Gasteiger partial charge in [0.2, 0.25) is 0 Å². The van der Waals surface area contributed by atoms with Gasteiger partial charge in [0, 0.05) is 43.8 Å². The summed E-state index contributed by atoms with van der Waals surface area (Å²) in [5, 5.41) is 3.99. The van der Waals surface area contributed by atoms with Crippen LogP contribution < -0.4 is 5.32 Å². The Kier molecular flexibility index (Phi) is 3.44. The fourth-order valence-electron chi connectivity index (χ4n) is 2.66. The van der Waals surface area contributed by atoms with Gasteiger partial charge in [0.25, 0.3) is 0 Å². The van der Waals surface area contributed by atoms with E-state index in [9.17, 15) is 4.39 Å². The molecule has 0 aliphatic carbocycles. The van der Waals surface area contributed by atoms with Crippen LogP contribution in [0.5, 0.6) is 0 Å². The predicted molar refractivity (Wildman–Crippen MR) is 74.4 cm³/mol. The Balaban J connectivity index is 1.94. The summed E-state index contributed by atoms with van der Waals surface area (Å²) in [5.41, 5.74) is 1.89. The molecule has 1 fully saturated rings.